The minimum Gasteiger partial charge on any atom is -0.354 e. The van der Waals surface area contributed by atoms with Crippen LogP contribution in [-0.4, -0.2) is 17.3 Å². The Morgan fingerprint density at radius 2 is 2.46 bits per heavy atom. The third-order valence-corrected chi connectivity index (χ3v) is 3.35. The minimum atomic E-state index is 0.390. The van der Waals surface area contributed by atoms with Crippen molar-refractivity contribution in [2.45, 2.75) is 25.8 Å². The molecule has 2 heterocycles. The summed E-state index contributed by atoms with van der Waals surface area (Å²) in [6.45, 7) is 3.23. The van der Waals surface area contributed by atoms with Gasteiger partial charge in [0.1, 0.15) is 0 Å². The molecule has 1 unspecified atom stereocenters. The van der Waals surface area contributed by atoms with Gasteiger partial charge < -0.3 is 4.90 Å². The molecule has 0 spiro atoms. The molecule has 0 aromatic carbocycles. The van der Waals surface area contributed by atoms with Crippen LogP contribution in [0.15, 0.2) is 16.8 Å². The number of nitrogens with one attached hydrogen (secondary N) is 1. The number of amidine groups is 1. The third kappa shape index (κ3) is 1.61. The zero-order chi connectivity index (χ0) is 9.26. The van der Waals surface area contributed by atoms with Crippen molar-refractivity contribution in [1.29, 1.82) is 5.41 Å². The van der Waals surface area contributed by atoms with Crippen LogP contribution in [0.5, 0.6) is 0 Å². The normalized spacial score (nSPS) is 19.5. The predicted octanol–water partition coefficient (Wildman–Crippen LogP) is 2.88. The quantitative estimate of drug-likeness (QED) is 0.770. The average molecular weight is 194 g/mol. The lowest BCUT2D eigenvalue weighted by Crippen LogP contribution is -2.27. The van der Waals surface area contributed by atoms with Gasteiger partial charge in [-0.3, -0.25) is 5.41 Å². The molecule has 0 bridgehead atoms. The smallest absolute Gasteiger partial charge is 0.0963 e. The second-order valence-corrected chi connectivity index (χ2v) is 4.26. The first-order valence-corrected chi connectivity index (χ1v) is 5.59. The number of thiophene rings is 1. The molecule has 0 radical (unpaired) electrons. The van der Waals surface area contributed by atoms with E-state index in [1.54, 1.807) is 11.3 Å². The van der Waals surface area contributed by atoms with Crippen molar-refractivity contribution in [3.63, 3.8) is 0 Å². The molecule has 2 nitrogen and oxygen atoms in total. The fraction of sp³-hybridized carbons (Fsp3) is 0.500. The Morgan fingerprint density at radius 1 is 1.62 bits per heavy atom. The Kier molecular flexibility index (Phi) is 2.36. The number of hydrogen-bond donors (Lipinski definition) is 1. The van der Waals surface area contributed by atoms with Crippen LogP contribution in [0.25, 0.3) is 0 Å². The van der Waals surface area contributed by atoms with Gasteiger partial charge in [0.15, 0.2) is 0 Å². The van der Waals surface area contributed by atoms with Crippen LogP contribution in [0, 0.1) is 5.41 Å². The summed E-state index contributed by atoms with van der Waals surface area (Å²) in [5, 5.41) is 12.0. The second kappa shape index (κ2) is 3.50. The number of likely N-dealkylation sites (tertiary alicyclic amines) is 1. The fourth-order valence-electron chi connectivity index (χ4n) is 1.82. The SMILES string of the molecule is CC(c1ccsc1)N1CCCC1=N. The van der Waals surface area contributed by atoms with Gasteiger partial charge in [-0.05, 0) is 35.7 Å². The van der Waals surface area contributed by atoms with Crippen molar-refractivity contribution in [1.82, 2.24) is 4.90 Å². The Bertz CT molecular complexity index is 292. The topological polar surface area (TPSA) is 27.1 Å². The first kappa shape index (κ1) is 8.75. The highest BCUT2D eigenvalue weighted by Crippen LogP contribution is 2.26. The van der Waals surface area contributed by atoms with E-state index in [-0.39, 0.29) is 0 Å². The van der Waals surface area contributed by atoms with Gasteiger partial charge in [-0.1, -0.05) is 0 Å². The average Bonchev–Trinajstić information content (AvgIpc) is 2.72. The number of rotatable bonds is 2. The van der Waals surface area contributed by atoms with Crippen LogP contribution in [0.1, 0.15) is 31.4 Å². The molecule has 3 heteroatoms. The van der Waals surface area contributed by atoms with E-state index in [4.69, 9.17) is 5.41 Å². The molecular formula is C10H14N2S. The molecule has 2 rings (SSSR count). The maximum atomic E-state index is 7.77. The molecule has 1 aliphatic rings. The summed E-state index contributed by atoms with van der Waals surface area (Å²) in [5.74, 6) is 0.804. The molecule has 0 aliphatic carbocycles. The van der Waals surface area contributed by atoms with E-state index in [1.807, 2.05) is 0 Å². The van der Waals surface area contributed by atoms with E-state index in [2.05, 4.69) is 28.7 Å². The lowest BCUT2D eigenvalue weighted by Gasteiger charge is -2.25. The van der Waals surface area contributed by atoms with E-state index in [0.717, 1.165) is 25.2 Å². The van der Waals surface area contributed by atoms with E-state index in [1.165, 1.54) is 5.56 Å². The Morgan fingerprint density at radius 3 is 3.00 bits per heavy atom. The van der Waals surface area contributed by atoms with Gasteiger partial charge in [0, 0.05) is 13.0 Å². The summed E-state index contributed by atoms with van der Waals surface area (Å²) in [7, 11) is 0. The van der Waals surface area contributed by atoms with Gasteiger partial charge in [0.25, 0.3) is 0 Å². The zero-order valence-corrected chi connectivity index (χ0v) is 8.60. The zero-order valence-electron chi connectivity index (χ0n) is 7.79. The molecule has 13 heavy (non-hydrogen) atoms. The van der Waals surface area contributed by atoms with Crippen molar-refractivity contribution < 1.29 is 0 Å². The predicted molar refractivity (Wildman–Crippen MR) is 56.4 cm³/mol. The Labute approximate surface area is 82.7 Å². The molecule has 1 N–H and O–H groups in total. The maximum absolute atomic E-state index is 7.77. The Balaban J connectivity index is 2.13. The van der Waals surface area contributed by atoms with Crippen molar-refractivity contribution >= 4 is 17.2 Å². The second-order valence-electron chi connectivity index (χ2n) is 3.48. The van der Waals surface area contributed by atoms with Crippen LogP contribution in [0.4, 0.5) is 0 Å². The van der Waals surface area contributed by atoms with Gasteiger partial charge in [-0.15, -0.1) is 0 Å². The summed E-state index contributed by atoms with van der Waals surface area (Å²) < 4.78 is 0. The molecule has 1 aliphatic heterocycles. The van der Waals surface area contributed by atoms with E-state index >= 15 is 0 Å². The molecule has 1 saturated heterocycles. The van der Waals surface area contributed by atoms with Gasteiger partial charge >= 0.3 is 0 Å². The maximum Gasteiger partial charge on any atom is 0.0963 e. The molecule has 0 amide bonds. The van der Waals surface area contributed by atoms with Crippen LogP contribution >= 0.6 is 11.3 Å². The van der Waals surface area contributed by atoms with Crippen molar-refractivity contribution in [2.24, 2.45) is 0 Å². The lowest BCUT2D eigenvalue weighted by molar-refractivity contribution is 0.363. The number of nitrogens with zero attached hydrogens (tertiary/aromatic N) is 1. The molecule has 70 valence electrons. The van der Waals surface area contributed by atoms with Gasteiger partial charge in [-0.2, -0.15) is 11.3 Å². The highest BCUT2D eigenvalue weighted by molar-refractivity contribution is 7.07. The van der Waals surface area contributed by atoms with Gasteiger partial charge in [0.05, 0.1) is 11.9 Å². The van der Waals surface area contributed by atoms with Crippen molar-refractivity contribution in [3.8, 4) is 0 Å². The van der Waals surface area contributed by atoms with Gasteiger partial charge in [0.2, 0.25) is 0 Å². The highest BCUT2D eigenvalue weighted by atomic mass is 32.1. The third-order valence-electron chi connectivity index (χ3n) is 2.65. The van der Waals surface area contributed by atoms with Crippen LogP contribution in [0.3, 0.4) is 0 Å². The van der Waals surface area contributed by atoms with Crippen molar-refractivity contribution in [3.05, 3.63) is 22.4 Å². The fourth-order valence-corrected chi connectivity index (χ4v) is 2.56. The molecule has 1 aromatic rings. The van der Waals surface area contributed by atoms with Crippen LogP contribution < -0.4 is 0 Å². The standard InChI is InChI=1S/C10H14N2S/c1-8(9-4-6-13-7-9)12-5-2-3-10(12)11/h4,6-8,11H,2-3,5H2,1H3. The van der Waals surface area contributed by atoms with E-state index in [0.29, 0.717) is 6.04 Å². The summed E-state index contributed by atoms with van der Waals surface area (Å²) in [5.41, 5.74) is 1.34. The van der Waals surface area contributed by atoms with E-state index in [9.17, 15) is 0 Å². The molecular weight excluding hydrogens is 180 g/mol. The van der Waals surface area contributed by atoms with Crippen molar-refractivity contribution in [2.75, 3.05) is 6.54 Å². The van der Waals surface area contributed by atoms with E-state index < -0.39 is 0 Å². The monoisotopic (exact) mass is 194 g/mol. The summed E-state index contributed by atoms with van der Waals surface area (Å²) >= 11 is 1.73. The van der Waals surface area contributed by atoms with Crippen LogP contribution in [0.2, 0.25) is 0 Å². The molecule has 0 saturated carbocycles. The summed E-state index contributed by atoms with van der Waals surface area (Å²) in [4.78, 5) is 2.20. The highest BCUT2D eigenvalue weighted by Gasteiger charge is 2.22. The largest absolute Gasteiger partial charge is 0.354 e. The first-order valence-electron chi connectivity index (χ1n) is 4.65. The molecule has 1 aromatic heterocycles. The Hall–Kier alpha value is -0.830. The summed E-state index contributed by atoms with van der Waals surface area (Å²) in [6, 6.07) is 2.54. The van der Waals surface area contributed by atoms with Gasteiger partial charge in [-0.25, -0.2) is 0 Å². The minimum absolute atomic E-state index is 0.390. The van der Waals surface area contributed by atoms with Crippen LogP contribution in [-0.2, 0) is 0 Å². The lowest BCUT2D eigenvalue weighted by atomic mass is 10.1. The molecule has 1 fully saturated rings. The first-order chi connectivity index (χ1) is 6.29. The summed E-state index contributed by atoms with van der Waals surface area (Å²) in [6.07, 6.45) is 2.10. The number of hydrogen-bond acceptors (Lipinski definition) is 2. The molecule has 1 atom stereocenters.